The smallest absolute Gasteiger partial charge is 0.267 e. The molecule has 8 heteroatoms. The second kappa shape index (κ2) is 7.05. The highest BCUT2D eigenvalue weighted by Crippen LogP contribution is 2.31. The minimum absolute atomic E-state index is 0.129. The minimum Gasteiger partial charge on any atom is -0.267 e. The zero-order valence-electron chi connectivity index (χ0n) is 14.2. The SMILES string of the molecule is O=c1c2c(-c3ccccc3)csc2ncn1N=Cc1ccccc1C(F)(F)F. The highest BCUT2D eigenvalue weighted by molar-refractivity contribution is 7.17. The summed E-state index contributed by atoms with van der Waals surface area (Å²) in [4.78, 5) is 17.6. The summed E-state index contributed by atoms with van der Waals surface area (Å²) in [5, 5.41) is 6.16. The van der Waals surface area contributed by atoms with E-state index < -0.39 is 17.3 Å². The van der Waals surface area contributed by atoms with Gasteiger partial charge in [0.05, 0.1) is 17.2 Å². The Morgan fingerprint density at radius 2 is 1.75 bits per heavy atom. The molecule has 2 aromatic heterocycles. The molecule has 0 saturated carbocycles. The van der Waals surface area contributed by atoms with Crippen LogP contribution in [0.4, 0.5) is 13.2 Å². The molecule has 0 radical (unpaired) electrons. The van der Waals surface area contributed by atoms with Crippen molar-refractivity contribution in [3.63, 3.8) is 0 Å². The van der Waals surface area contributed by atoms with Gasteiger partial charge in [0.15, 0.2) is 0 Å². The van der Waals surface area contributed by atoms with E-state index in [1.165, 1.54) is 35.9 Å². The van der Waals surface area contributed by atoms with Crippen molar-refractivity contribution in [1.29, 1.82) is 0 Å². The number of alkyl halides is 3. The van der Waals surface area contributed by atoms with Crippen LogP contribution in [0.1, 0.15) is 11.1 Å². The van der Waals surface area contributed by atoms with Crippen LogP contribution in [0.3, 0.4) is 0 Å². The molecule has 4 nitrogen and oxygen atoms in total. The van der Waals surface area contributed by atoms with Crippen LogP contribution in [-0.4, -0.2) is 15.9 Å². The molecular weight excluding hydrogens is 387 g/mol. The van der Waals surface area contributed by atoms with Crippen molar-refractivity contribution in [3.8, 4) is 11.1 Å². The maximum atomic E-state index is 13.1. The van der Waals surface area contributed by atoms with E-state index >= 15 is 0 Å². The van der Waals surface area contributed by atoms with Crippen molar-refractivity contribution in [2.45, 2.75) is 6.18 Å². The van der Waals surface area contributed by atoms with Gasteiger partial charge in [0, 0.05) is 16.5 Å². The van der Waals surface area contributed by atoms with Gasteiger partial charge in [0.2, 0.25) is 0 Å². The Kier molecular flexibility index (Phi) is 4.56. The predicted octanol–water partition coefficient (Wildman–Crippen LogP) is 5.03. The first-order valence-corrected chi connectivity index (χ1v) is 9.08. The Labute approximate surface area is 161 Å². The van der Waals surface area contributed by atoms with Crippen LogP contribution in [0.5, 0.6) is 0 Å². The summed E-state index contributed by atoms with van der Waals surface area (Å²) in [5.41, 5.74) is 0.193. The lowest BCUT2D eigenvalue weighted by molar-refractivity contribution is -0.137. The normalized spacial score (nSPS) is 12.1. The lowest BCUT2D eigenvalue weighted by atomic mass is 10.1. The molecule has 2 aromatic carbocycles. The Hall–Kier alpha value is -3.26. The van der Waals surface area contributed by atoms with E-state index in [0.29, 0.717) is 10.2 Å². The molecule has 2 heterocycles. The number of benzene rings is 2. The zero-order chi connectivity index (χ0) is 19.7. The van der Waals surface area contributed by atoms with E-state index in [4.69, 9.17) is 0 Å². The minimum atomic E-state index is -4.51. The number of hydrogen-bond donors (Lipinski definition) is 0. The van der Waals surface area contributed by atoms with Crippen molar-refractivity contribution >= 4 is 27.8 Å². The Morgan fingerprint density at radius 3 is 2.50 bits per heavy atom. The summed E-state index contributed by atoms with van der Waals surface area (Å²) in [6.07, 6.45) is -2.28. The summed E-state index contributed by atoms with van der Waals surface area (Å²) in [5.74, 6) is 0. The third-order valence-electron chi connectivity index (χ3n) is 4.15. The third kappa shape index (κ3) is 3.34. The van der Waals surface area contributed by atoms with Crippen molar-refractivity contribution in [1.82, 2.24) is 9.66 Å². The first kappa shape index (κ1) is 18.1. The fourth-order valence-corrected chi connectivity index (χ4v) is 3.73. The summed E-state index contributed by atoms with van der Waals surface area (Å²) in [6, 6.07) is 14.4. The Bertz CT molecular complexity index is 1230. The quantitative estimate of drug-likeness (QED) is 0.454. The molecule has 0 fully saturated rings. The van der Waals surface area contributed by atoms with E-state index in [9.17, 15) is 18.0 Å². The lowest BCUT2D eigenvalue weighted by Crippen LogP contribution is -2.17. The topological polar surface area (TPSA) is 47.2 Å². The van der Waals surface area contributed by atoms with Gasteiger partial charge < -0.3 is 0 Å². The average molecular weight is 399 g/mol. The largest absolute Gasteiger partial charge is 0.417 e. The van der Waals surface area contributed by atoms with Crippen LogP contribution in [0.15, 0.2) is 76.2 Å². The molecule has 28 heavy (non-hydrogen) atoms. The first-order chi connectivity index (χ1) is 13.4. The van der Waals surface area contributed by atoms with Crippen LogP contribution in [0.2, 0.25) is 0 Å². The molecule has 0 aliphatic rings. The van der Waals surface area contributed by atoms with Crippen molar-refractivity contribution in [3.05, 3.63) is 87.8 Å². The highest BCUT2D eigenvalue weighted by Gasteiger charge is 2.32. The standard InChI is InChI=1S/C20H12F3N3OS/c21-20(22,23)16-9-5-4-8-14(16)10-25-26-12-24-18-17(19(26)27)15(11-28-18)13-6-2-1-3-7-13/h1-12H. The van der Waals surface area contributed by atoms with Crippen LogP contribution < -0.4 is 5.56 Å². The van der Waals surface area contributed by atoms with Gasteiger partial charge in [0.1, 0.15) is 11.2 Å². The number of fused-ring (bicyclic) bond motifs is 1. The number of aromatic nitrogens is 2. The molecular formula is C20H12F3N3OS. The molecule has 4 rings (SSSR count). The van der Waals surface area contributed by atoms with Crippen LogP contribution in [0.25, 0.3) is 21.3 Å². The predicted molar refractivity (Wildman–Crippen MR) is 104 cm³/mol. The first-order valence-electron chi connectivity index (χ1n) is 8.20. The fourth-order valence-electron chi connectivity index (χ4n) is 2.83. The van der Waals surface area contributed by atoms with Crippen molar-refractivity contribution in [2.24, 2.45) is 5.10 Å². The van der Waals surface area contributed by atoms with Crippen LogP contribution >= 0.6 is 11.3 Å². The van der Waals surface area contributed by atoms with Crippen molar-refractivity contribution in [2.75, 3.05) is 0 Å². The Balaban J connectivity index is 1.81. The van der Waals surface area contributed by atoms with Crippen LogP contribution in [-0.2, 0) is 6.18 Å². The van der Waals surface area contributed by atoms with E-state index in [0.717, 1.165) is 28.1 Å². The second-order valence-corrected chi connectivity index (χ2v) is 6.78. The van der Waals surface area contributed by atoms with Gasteiger partial charge in [-0.1, -0.05) is 48.5 Å². The molecule has 0 amide bonds. The molecule has 0 aliphatic heterocycles. The molecule has 0 bridgehead atoms. The van der Waals surface area contributed by atoms with E-state index in [1.807, 2.05) is 35.7 Å². The van der Waals surface area contributed by atoms with Gasteiger partial charge in [-0.15, -0.1) is 11.3 Å². The van der Waals surface area contributed by atoms with Gasteiger partial charge in [-0.05, 0) is 11.6 Å². The number of nitrogens with zero attached hydrogens (tertiary/aromatic N) is 3. The number of halogens is 3. The summed E-state index contributed by atoms with van der Waals surface area (Å²) >= 11 is 1.33. The molecule has 0 atom stereocenters. The third-order valence-corrected chi connectivity index (χ3v) is 5.04. The van der Waals surface area contributed by atoms with Gasteiger partial charge in [-0.25, -0.2) is 4.98 Å². The molecule has 0 spiro atoms. The Morgan fingerprint density at radius 1 is 1.04 bits per heavy atom. The van der Waals surface area contributed by atoms with Gasteiger partial charge in [-0.3, -0.25) is 4.79 Å². The molecule has 4 aromatic rings. The molecule has 0 aliphatic carbocycles. The maximum absolute atomic E-state index is 13.1. The maximum Gasteiger partial charge on any atom is 0.417 e. The average Bonchev–Trinajstić information content (AvgIpc) is 3.13. The lowest BCUT2D eigenvalue weighted by Gasteiger charge is -2.09. The summed E-state index contributed by atoms with van der Waals surface area (Å²) in [7, 11) is 0. The van der Waals surface area contributed by atoms with E-state index in [2.05, 4.69) is 10.1 Å². The zero-order valence-corrected chi connectivity index (χ0v) is 15.0. The van der Waals surface area contributed by atoms with Gasteiger partial charge >= 0.3 is 6.18 Å². The number of rotatable bonds is 3. The van der Waals surface area contributed by atoms with E-state index in [-0.39, 0.29) is 5.56 Å². The number of thiophene rings is 1. The molecule has 0 saturated heterocycles. The van der Waals surface area contributed by atoms with Crippen LogP contribution in [0, 0.1) is 0 Å². The van der Waals surface area contributed by atoms with Crippen molar-refractivity contribution < 1.29 is 13.2 Å². The molecule has 0 unspecified atom stereocenters. The second-order valence-electron chi connectivity index (χ2n) is 5.92. The van der Waals surface area contributed by atoms with Gasteiger partial charge in [-0.2, -0.15) is 22.9 Å². The summed E-state index contributed by atoms with van der Waals surface area (Å²) in [6.45, 7) is 0. The monoisotopic (exact) mass is 399 g/mol. The van der Waals surface area contributed by atoms with E-state index in [1.54, 1.807) is 0 Å². The van der Waals surface area contributed by atoms with Gasteiger partial charge in [0.25, 0.3) is 5.56 Å². The molecule has 140 valence electrons. The molecule has 0 N–H and O–H groups in total. The number of hydrogen-bond acceptors (Lipinski definition) is 4. The highest BCUT2D eigenvalue weighted by atomic mass is 32.1. The summed E-state index contributed by atoms with van der Waals surface area (Å²) < 4.78 is 40.3. The fraction of sp³-hybridized carbons (Fsp3) is 0.0500.